The van der Waals surface area contributed by atoms with Crippen molar-refractivity contribution in [1.29, 1.82) is 0 Å². The van der Waals surface area contributed by atoms with Crippen molar-refractivity contribution in [3.8, 4) is 33.4 Å². The Balaban J connectivity index is 1.30. The van der Waals surface area contributed by atoms with Crippen LogP contribution >= 0.6 is 0 Å². The molecule has 0 aliphatic heterocycles. The van der Waals surface area contributed by atoms with Gasteiger partial charge in [-0.15, -0.1) is 0 Å². The Hall–Kier alpha value is -7.22. The first-order chi connectivity index (χ1) is 27.8. The Bertz CT molecular complexity index is 3150. The standard InChI is InChI=1S/C55H35N/c1-3-19-36(20-4-1)38-23-15-18-34-50(38)56(37-21-5-2-6-22-37)51-35-49-52(45-30-11-9-28-43(45)51)53-44-29-10-7-24-39(44)40-25-8-12-31-46(40)54(53)55(49)47-32-16-13-26-41(47)42-27-14-17-33-48(42)55/h1-35H. The van der Waals surface area contributed by atoms with Crippen molar-refractivity contribution < 1.29 is 0 Å². The second-order valence-electron chi connectivity index (χ2n) is 15.1. The van der Waals surface area contributed by atoms with Gasteiger partial charge in [0, 0.05) is 16.6 Å². The lowest BCUT2D eigenvalue weighted by atomic mass is 9.69. The summed E-state index contributed by atoms with van der Waals surface area (Å²) in [5, 5.41) is 7.68. The van der Waals surface area contributed by atoms with E-state index in [2.05, 4.69) is 217 Å². The Morgan fingerprint density at radius 3 is 1.43 bits per heavy atom. The number of hydrogen-bond donors (Lipinski definition) is 0. The predicted octanol–water partition coefficient (Wildman–Crippen LogP) is 14.6. The first kappa shape index (κ1) is 31.2. The second-order valence-corrected chi connectivity index (χ2v) is 15.1. The van der Waals surface area contributed by atoms with Gasteiger partial charge in [-0.2, -0.15) is 0 Å². The van der Waals surface area contributed by atoms with Crippen molar-refractivity contribution in [3.63, 3.8) is 0 Å². The molecule has 0 heterocycles. The van der Waals surface area contributed by atoms with Gasteiger partial charge in [0.25, 0.3) is 0 Å². The van der Waals surface area contributed by atoms with Crippen molar-refractivity contribution in [2.45, 2.75) is 5.41 Å². The van der Waals surface area contributed by atoms with E-state index in [9.17, 15) is 0 Å². The Morgan fingerprint density at radius 2 is 0.768 bits per heavy atom. The summed E-state index contributed by atoms with van der Waals surface area (Å²) in [4.78, 5) is 2.50. The number of fused-ring (bicyclic) bond motifs is 17. The van der Waals surface area contributed by atoms with E-state index < -0.39 is 5.41 Å². The molecule has 0 N–H and O–H groups in total. The third-order valence-corrected chi connectivity index (χ3v) is 12.4. The molecule has 0 saturated heterocycles. The third-order valence-electron chi connectivity index (χ3n) is 12.4. The minimum Gasteiger partial charge on any atom is -0.309 e. The Labute approximate surface area is 326 Å². The minimum absolute atomic E-state index is 0.554. The van der Waals surface area contributed by atoms with E-state index in [1.807, 2.05) is 0 Å². The number of hydrogen-bond acceptors (Lipinski definition) is 1. The van der Waals surface area contributed by atoms with Crippen LogP contribution in [-0.4, -0.2) is 0 Å². The molecule has 0 saturated carbocycles. The van der Waals surface area contributed by atoms with Crippen LogP contribution in [0.25, 0.3) is 65.7 Å². The van der Waals surface area contributed by atoms with Gasteiger partial charge < -0.3 is 4.90 Å². The number of nitrogens with zero attached hydrogens (tertiary/aromatic N) is 1. The molecular weight excluding hydrogens is 675 g/mol. The molecule has 1 spiro atoms. The summed E-state index contributed by atoms with van der Waals surface area (Å²) < 4.78 is 0. The molecule has 260 valence electrons. The van der Waals surface area contributed by atoms with Crippen molar-refractivity contribution in [1.82, 2.24) is 0 Å². The summed E-state index contributed by atoms with van der Waals surface area (Å²) in [6, 6.07) is 78.8. The lowest BCUT2D eigenvalue weighted by Gasteiger charge is -2.34. The molecule has 2 aliphatic rings. The van der Waals surface area contributed by atoms with Gasteiger partial charge in [-0.05, 0) is 101 Å². The van der Waals surface area contributed by atoms with E-state index in [-0.39, 0.29) is 0 Å². The van der Waals surface area contributed by atoms with Gasteiger partial charge in [-0.3, -0.25) is 0 Å². The van der Waals surface area contributed by atoms with E-state index in [1.54, 1.807) is 0 Å². The quantitative estimate of drug-likeness (QED) is 0.164. The maximum absolute atomic E-state index is 2.56. The lowest BCUT2D eigenvalue weighted by molar-refractivity contribution is 0.802. The summed E-state index contributed by atoms with van der Waals surface area (Å²) >= 11 is 0. The maximum atomic E-state index is 2.56. The summed E-state index contributed by atoms with van der Waals surface area (Å²) in [7, 11) is 0. The maximum Gasteiger partial charge on any atom is 0.0732 e. The molecule has 0 amide bonds. The SMILES string of the molecule is c1ccc(-c2ccccc2N(c2ccccc2)c2cc3c(c4ccccc24)-c2c(c4ccccc4c4ccccc24)C32c3ccccc3-c3ccccc32)cc1. The number of benzene rings is 10. The average molecular weight is 710 g/mol. The fourth-order valence-electron chi connectivity index (χ4n) is 10.3. The molecule has 0 radical (unpaired) electrons. The Morgan fingerprint density at radius 1 is 0.304 bits per heavy atom. The molecule has 12 rings (SSSR count). The van der Waals surface area contributed by atoms with Gasteiger partial charge in [0.2, 0.25) is 0 Å². The minimum atomic E-state index is -0.554. The zero-order chi connectivity index (χ0) is 36.8. The van der Waals surface area contributed by atoms with Crippen LogP contribution in [0.5, 0.6) is 0 Å². The van der Waals surface area contributed by atoms with Gasteiger partial charge in [0.1, 0.15) is 0 Å². The zero-order valence-corrected chi connectivity index (χ0v) is 30.7. The highest BCUT2D eigenvalue weighted by Crippen LogP contribution is 2.67. The van der Waals surface area contributed by atoms with Crippen molar-refractivity contribution >= 4 is 49.4 Å². The molecule has 1 nitrogen and oxygen atoms in total. The van der Waals surface area contributed by atoms with Crippen LogP contribution in [0.3, 0.4) is 0 Å². The zero-order valence-electron chi connectivity index (χ0n) is 30.7. The molecule has 10 aromatic carbocycles. The number of para-hydroxylation sites is 2. The molecular formula is C55H35N. The van der Waals surface area contributed by atoms with Gasteiger partial charge in [0.15, 0.2) is 0 Å². The largest absolute Gasteiger partial charge is 0.309 e. The Kier molecular flexibility index (Phi) is 6.62. The molecule has 0 bridgehead atoms. The van der Waals surface area contributed by atoms with Crippen LogP contribution in [0.1, 0.15) is 22.3 Å². The summed E-state index contributed by atoms with van der Waals surface area (Å²) in [5.41, 5.74) is 16.0. The molecule has 0 atom stereocenters. The van der Waals surface area contributed by atoms with Crippen LogP contribution < -0.4 is 4.90 Å². The van der Waals surface area contributed by atoms with Crippen LogP contribution in [0, 0.1) is 0 Å². The molecule has 0 aromatic heterocycles. The molecule has 0 unspecified atom stereocenters. The molecule has 1 heteroatoms. The highest BCUT2D eigenvalue weighted by atomic mass is 15.1. The van der Waals surface area contributed by atoms with E-state index >= 15 is 0 Å². The second kappa shape index (κ2) is 11.9. The van der Waals surface area contributed by atoms with Gasteiger partial charge in [0.05, 0.1) is 16.8 Å². The topological polar surface area (TPSA) is 3.24 Å². The fourth-order valence-corrected chi connectivity index (χ4v) is 10.3. The van der Waals surface area contributed by atoms with Crippen LogP contribution in [-0.2, 0) is 5.41 Å². The summed E-state index contributed by atoms with van der Waals surface area (Å²) in [6.07, 6.45) is 0. The lowest BCUT2D eigenvalue weighted by Crippen LogP contribution is -2.26. The molecule has 0 fully saturated rings. The van der Waals surface area contributed by atoms with Crippen molar-refractivity contribution in [3.05, 3.63) is 235 Å². The highest BCUT2D eigenvalue weighted by molar-refractivity contribution is 6.24. The predicted molar refractivity (Wildman–Crippen MR) is 235 cm³/mol. The average Bonchev–Trinajstić information content (AvgIpc) is 3.75. The van der Waals surface area contributed by atoms with Crippen LogP contribution in [0.15, 0.2) is 212 Å². The first-order valence-electron chi connectivity index (χ1n) is 19.5. The highest BCUT2D eigenvalue weighted by Gasteiger charge is 2.53. The van der Waals surface area contributed by atoms with E-state index in [1.165, 1.54) is 88.0 Å². The fraction of sp³-hybridized carbons (Fsp3) is 0.0182. The van der Waals surface area contributed by atoms with Gasteiger partial charge >= 0.3 is 0 Å². The third kappa shape index (κ3) is 4.09. The van der Waals surface area contributed by atoms with Crippen molar-refractivity contribution in [2.24, 2.45) is 0 Å². The molecule has 10 aromatic rings. The van der Waals surface area contributed by atoms with E-state index in [0.717, 1.165) is 17.1 Å². The number of anilines is 3. The molecule has 56 heavy (non-hydrogen) atoms. The monoisotopic (exact) mass is 709 g/mol. The van der Waals surface area contributed by atoms with Gasteiger partial charge in [-0.1, -0.05) is 188 Å². The van der Waals surface area contributed by atoms with Gasteiger partial charge in [-0.25, -0.2) is 0 Å². The smallest absolute Gasteiger partial charge is 0.0732 e. The normalized spacial score (nSPS) is 13.1. The first-order valence-corrected chi connectivity index (χ1v) is 19.5. The van der Waals surface area contributed by atoms with E-state index in [4.69, 9.17) is 0 Å². The van der Waals surface area contributed by atoms with E-state index in [0.29, 0.717) is 0 Å². The number of rotatable bonds is 4. The van der Waals surface area contributed by atoms with Crippen LogP contribution in [0.2, 0.25) is 0 Å². The van der Waals surface area contributed by atoms with Crippen molar-refractivity contribution in [2.75, 3.05) is 4.90 Å². The summed E-state index contributed by atoms with van der Waals surface area (Å²) in [6.45, 7) is 0. The van der Waals surface area contributed by atoms with Crippen LogP contribution in [0.4, 0.5) is 17.1 Å². The summed E-state index contributed by atoms with van der Waals surface area (Å²) in [5.74, 6) is 0. The molecule has 2 aliphatic carbocycles.